The SMILES string of the molecule is CCSCCC(C)NC(=O)c1ccc(NC)c(C)c1. The highest BCUT2D eigenvalue weighted by Crippen LogP contribution is 2.16. The van der Waals surface area contributed by atoms with Gasteiger partial charge in [0.1, 0.15) is 0 Å². The van der Waals surface area contributed by atoms with E-state index in [0.717, 1.165) is 34.7 Å². The lowest BCUT2D eigenvalue weighted by molar-refractivity contribution is 0.0939. The van der Waals surface area contributed by atoms with Gasteiger partial charge in [0.2, 0.25) is 0 Å². The summed E-state index contributed by atoms with van der Waals surface area (Å²) in [6, 6.07) is 5.95. The van der Waals surface area contributed by atoms with Gasteiger partial charge in [-0.15, -0.1) is 0 Å². The summed E-state index contributed by atoms with van der Waals surface area (Å²) in [6.45, 7) is 6.22. The number of benzene rings is 1. The van der Waals surface area contributed by atoms with Gasteiger partial charge in [0.15, 0.2) is 0 Å². The molecule has 1 rings (SSSR count). The number of nitrogens with one attached hydrogen (secondary N) is 2. The van der Waals surface area contributed by atoms with Crippen molar-refractivity contribution in [2.24, 2.45) is 0 Å². The Morgan fingerprint density at radius 3 is 2.74 bits per heavy atom. The lowest BCUT2D eigenvalue weighted by Crippen LogP contribution is -2.33. The zero-order valence-corrected chi connectivity index (χ0v) is 13.1. The van der Waals surface area contributed by atoms with Crippen LogP contribution in [0.3, 0.4) is 0 Å². The molecule has 1 atom stereocenters. The Bertz CT molecular complexity index is 421. The van der Waals surface area contributed by atoms with Gasteiger partial charge in [0, 0.05) is 24.3 Å². The quantitative estimate of drug-likeness (QED) is 0.753. The van der Waals surface area contributed by atoms with Crippen LogP contribution in [0.5, 0.6) is 0 Å². The van der Waals surface area contributed by atoms with Crippen LogP contribution in [0.25, 0.3) is 0 Å². The summed E-state index contributed by atoms with van der Waals surface area (Å²) in [7, 11) is 1.88. The summed E-state index contributed by atoms with van der Waals surface area (Å²) in [5.74, 6) is 2.24. The molecule has 0 aliphatic heterocycles. The lowest BCUT2D eigenvalue weighted by atomic mass is 10.1. The predicted molar refractivity (Wildman–Crippen MR) is 85.3 cm³/mol. The fraction of sp³-hybridized carbons (Fsp3) is 0.533. The molecule has 0 spiro atoms. The maximum absolute atomic E-state index is 12.1. The van der Waals surface area contributed by atoms with E-state index in [1.807, 2.05) is 43.9 Å². The minimum absolute atomic E-state index is 0.0137. The summed E-state index contributed by atoms with van der Waals surface area (Å²) in [6.07, 6.45) is 1.01. The molecule has 0 aliphatic rings. The molecule has 0 aliphatic carbocycles. The highest BCUT2D eigenvalue weighted by Gasteiger charge is 2.10. The molecule has 106 valence electrons. The van der Waals surface area contributed by atoms with Crippen molar-refractivity contribution in [1.29, 1.82) is 0 Å². The Morgan fingerprint density at radius 2 is 2.16 bits per heavy atom. The first-order valence-corrected chi connectivity index (χ1v) is 7.91. The Labute approximate surface area is 120 Å². The number of carbonyl (C=O) groups is 1. The van der Waals surface area contributed by atoms with E-state index in [1.165, 1.54) is 0 Å². The number of amides is 1. The summed E-state index contributed by atoms with van der Waals surface area (Å²) < 4.78 is 0. The van der Waals surface area contributed by atoms with Gasteiger partial charge < -0.3 is 10.6 Å². The third-order valence-electron chi connectivity index (χ3n) is 3.03. The number of hydrogen-bond donors (Lipinski definition) is 2. The van der Waals surface area contributed by atoms with Crippen molar-refractivity contribution in [2.45, 2.75) is 33.2 Å². The molecule has 0 fully saturated rings. The van der Waals surface area contributed by atoms with Gasteiger partial charge in [-0.2, -0.15) is 11.8 Å². The van der Waals surface area contributed by atoms with Gasteiger partial charge in [0.05, 0.1) is 0 Å². The van der Waals surface area contributed by atoms with E-state index in [0.29, 0.717) is 0 Å². The number of carbonyl (C=O) groups excluding carboxylic acids is 1. The second kappa shape index (κ2) is 8.10. The first kappa shape index (κ1) is 15.9. The first-order chi connectivity index (χ1) is 9.08. The van der Waals surface area contributed by atoms with Gasteiger partial charge in [-0.25, -0.2) is 0 Å². The van der Waals surface area contributed by atoms with Crippen molar-refractivity contribution in [3.63, 3.8) is 0 Å². The molecule has 0 saturated carbocycles. The topological polar surface area (TPSA) is 41.1 Å². The highest BCUT2D eigenvalue weighted by atomic mass is 32.2. The first-order valence-electron chi connectivity index (χ1n) is 6.75. The monoisotopic (exact) mass is 280 g/mol. The Balaban J connectivity index is 2.55. The summed E-state index contributed by atoms with van der Waals surface area (Å²) in [4.78, 5) is 12.1. The molecule has 0 saturated heterocycles. The van der Waals surface area contributed by atoms with Crippen LogP contribution in [-0.4, -0.2) is 30.5 Å². The average molecular weight is 280 g/mol. The van der Waals surface area contributed by atoms with E-state index in [1.54, 1.807) is 0 Å². The molecule has 1 unspecified atom stereocenters. The van der Waals surface area contributed by atoms with Gasteiger partial charge in [-0.3, -0.25) is 4.79 Å². The molecular weight excluding hydrogens is 256 g/mol. The van der Waals surface area contributed by atoms with Gasteiger partial charge in [-0.1, -0.05) is 6.92 Å². The van der Waals surface area contributed by atoms with E-state index < -0.39 is 0 Å². The molecule has 19 heavy (non-hydrogen) atoms. The molecular formula is C15H24N2OS. The van der Waals surface area contributed by atoms with Crippen molar-refractivity contribution in [3.05, 3.63) is 29.3 Å². The zero-order chi connectivity index (χ0) is 14.3. The molecule has 0 radical (unpaired) electrons. The third-order valence-corrected chi connectivity index (χ3v) is 3.97. The minimum atomic E-state index is 0.0137. The molecule has 2 N–H and O–H groups in total. The van der Waals surface area contributed by atoms with Crippen LogP contribution in [-0.2, 0) is 0 Å². The maximum Gasteiger partial charge on any atom is 0.251 e. The molecule has 0 aromatic heterocycles. The van der Waals surface area contributed by atoms with E-state index >= 15 is 0 Å². The molecule has 0 heterocycles. The molecule has 0 bridgehead atoms. The average Bonchev–Trinajstić information content (AvgIpc) is 2.38. The van der Waals surface area contributed by atoms with Crippen molar-refractivity contribution in [2.75, 3.05) is 23.9 Å². The van der Waals surface area contributed by atoms with Gasteiger partial charge in [0.25, 0.3) is 5.91 Å². The van der Waals surface area contributed by atoms with Crippen molar-refractivity contribution >= 4 is 23.4 Å². The summed E-state index contributed by atoms with van der Waals surface area (Å²) in [5, 5.41) is 6.15. The zero-order valence-electron chi connectivity index (χ0n) is 12.2. The van der Waals surface area contributed by atoms with Crippen LogP contribution in [0.2, 0.25) is 0 Å². The minimum Gasteiger partial charge on any atom is -0.388 e. The van der Waals surface area contributed by atoms with E-state index in [2.05, 4.69) is 24.5 Å². The third kappa shape index (κ3) is 5.15. The van der Waals surface area contributed by atoms with E-state index in [4.69, 9.17) is 0 Å². The number of aryl methyl sites for hydroxylation is 1. The maximum atomic E-state index is 12.1. The van der Waals surface area contributed by atoms with Gasteiger partial charge in [-0.05, 0) is 55.5 Å². The Morgan fingerprint density at radius 1 is 1.42 bits per heavy atom. The van der Waals surface area contributed by atoms with Crippen LogP contribution >= 0.6 is 11.8 Å². The summed E-state index contributed by atoms with van der Waals surface area (Å²) in [5.41, 5.74) is 2.87. The van der Waals surface area contributed by atoms with E-state index in [-0.39, 0.29) is 11.9 Å². The molecule has 1 amide bonds. The fourth-order valence-corrected chi connectivity index (χ4v) is 2.68. The second-order valence-electron chi connectivity index (χ2n) is 4.64. The molecule has 1 aromatic rings. The van der Waals surface area contributed by atoms with E-state index in [9.17, 15) is 4.79 Å². The Hall–Kier alpha value is -1.16. The van der Waals surface area contributed by atoms with Crippen LogP contribution < -0.4 is 10.6 Å². The fourth-order valence-electron chi connectivity index (χ4n) is 1.87. The van der Waals surface area contributed by atoms with Gasteiger partial charge >= 0.3 is 0 Å². The van der Waals surface area contributed by atoms with Crippen LogP contribution in [0.4, 0.5) is 5.69 Å². The van der Waals surface area contributed by atoms with Crippen molar-refractivity contribution in [3.8, 4) is 0 Å². The predicted octanol–water partition coefficient (Wildman–Crippen LogP) is 3.30. The van der Waals surface area contributed by atoms with Crippen LogP contribution in [0, 0.1) is 6.92 Å². The highest BCUT2D eigenvalue weighted by molar-refractivity contribution is 7.99. The standard InChI is InChI=1S/C15H24N2OS/c1-5-19-9-8-12(3)17-15(18)13-6-7-14(16-4)11(2)10-13/h6-7,10,12,16H,5,8-9H2,1-4H3,(H,17,18). The Kier molecular flexibility index (Phi) is 6.78. The van der Waals surface area contributed by atoms with Crippen LogP contribution in [0.1, 0.15) is 36.2 Å². The largest absolute Gasteiger partial charge is 0.388 e. The molecule has 3 nitrogen and oxygen atoms in total. The van der Waals surface area contributed by atoms with Crippen molar-refractivity contribution in [1.82, 2.24) is 5.32 Å². The van der Waals surface area contributed by atoms with Crippen LogP contribution in [0.15, 0.2) is 18.2 Å². The normalized spacial score (nSPS) is 12.0. The number of hydrogen-bond acceptors (Lipinski definition) is 3. The second-order valence-corrected chi connectivity index (χ2v) is 6.03. The summed E-state index contributed by atoms with van der Waals surface area (Å²) >= 11 is 1.91. The van der Waals surface area contributed by atoms with Crippen molar-refractivity contribution < 1.29 is 4.79 Å². The number of rotatable bonds is 7. The smallest absolute Gasteiger partial charge is 0.251 e. The molecule has 4 heteroatoms. The number of thioether (sulfide) groups is 1. The molecule has 1 aromatic carbocycles. The lowest BCUT2D eigenvalue weighted by Gasteiger charge is -2.14. The number of anilines is 1.